The van der Waals surface area contributed by atoms with E-state index in [-0.39, 0.29) is 17.8 Å². The van der Waals surface area contributed by atoms with E-state index < -0.39 is 5.60 Å². The fourth-order valence-electron chi connectivity index (χ4n) is 3.73. The molecule has 0 radical (unpaired) electrons. The standard InChI is InChI=1S/C24H28ClNO3/c1-16-8-5-9-17(14-16)21-19(11-6-12-20(21)25)22(27)18-10-7-13-26(15-18)23(28)29-24(2,3)4/h5-6,8-9,11-12,14,18H,7,10,13,15H2,1-4H3/t18-/m1/s1. The Kier molecular flexibility index (Phi) is 6.33. The van der Waals surface area contributed by atoms with E-state index in [4.69, 9.17) is 16.3 Å². The summed E-state index contributed by atoms with van der Waals surface area (Å²) in [6.07, 6.45) is 1.16. The van der Waals surface area contributed by atoms with Crippen molar-refractivity contribution in [1.29, 1.82) is 0 Å². The molecule has 1 heterocycles. The molecular weight excluding hydrogens is 386 g/mol. The highest BCUT2D eigenvalue weighted by molar-refractivity contribution is 6.34. The third kappa shape index (κ3) is 5.18. The Balaban J connectivity index is 1.87. The molecule has 0 aromatic heterocycles. The van der Waals surface area contributed by atoms with Gasteiger partial charge in [-0.05, 0) is 52.2 Å². The van der Waals surface area contributed by atoms with Crippen LogP contribution in [0.2, 0.25) is 5.02 Å². The molecule has 1 aliphatic heterocycles. The van der Waals surface area contributed by atoms with Gasteiger partial charge in [0.2, 0.25) is 0 Å². The number of Topliss-reactive ketones (excluding diaryl/α,β-unsaturated/α-hetero) is 1. The van der Waals surface area contributed by atoms with E-state index >= 15 is 0 Å². The second-order valence-corrected chi connectivity index (χ2v) is 9.07. The van der Waals surface area contributed by atoms with Crippen molar-refractivity contribution in [2.24, 2.45) is 5.92 Å². The Morgan fingerprint density at radius 3 is 2.55 bits per heavy atom. The topological polar surface area (TPSA) is 46.6 Å². The van der Waals surface area contributed by atoms with Crippen LogP contribution < -0.4 is 0 Å². The molecule has 1 aliphatic rings. The van der Waals surface area contributed by atoms with Gasteiger partial charge in [-0.2, -0.15) is 0 Å². The molecule has 2 aromatic rings. The van der Waals surface area contributed by atoms with Crippen LogP contribution >= 0.6 is 11.6 Å². The van der Waals surface area contributed by atoms with E-state index in [1.165, 1.54) is 0 Å². The van der Waals surface area contributed by atoms with Crippen LogP contribution in [0.4, 0.5) is 4.79 Å². The average molecular weight is 414 g/mol. The van der Waals surface area contributed by atoms with E-state index in [0.717, 1.165) is 29.5 Å². The number of likely N-dealkylation sites (tertiary alicyclic amines) is 1. The van der Waals surface area contributed by atoms with Crippen molar-refractivity contribution in [3.63, 3.8) is 0 Å². The quantitative estimate of drug-likeness (QED) is 0.567. The first-order chi connectivity index (χ1) is 13.7. The number of carbonyl (C=O) groups excluding carboxylic acids is 2. The molecule has 1 saturated heterocycles. The number of nitrogens with zero attached hydrogens (tertiary/aromatic N) is 1. The number of aryl methyl sites for hydroxylation is 1. The minimum atomic E-state index is -0.556. The van der Waals surface area contributed by atoms with E-state index in [9.17, 15) is 9.59 Å². The van der Waals surface area contributed by atoms with Gasteiger partial charge < -0.3 is 9.64 Å². The third-order valence-electron chi connectivity index (χ3n) is 5.03. The molecule has 154 valence electrons. The van der Waals surface area contributed by atoms with Crippen molar-refractivity contribution in [1.82, 2.24) is 4.90 Å². The summed E-state index contributed by atoms with van der Waals surface area (Å²) in [5, 5.41) is 0.557. The molecule has 1 fully saturated rings. The maximum Gasteiger partial charge on any atom is 0.410 e. The lowest BCUT2D eigenvalue weighted by Crippen LogP contribution is -2.44. The predicted octanol–water partition coefficient (Wildman–Crippen LogP) is 6.15. The summed E-state index contributed by atoms with van der Waals surface area (Å²) in [7, 11) is 0. The first-order valence-electron chi connectivity index (χ1n) is 10.0. The van der Waals surface area contributed by atoms with Gasteiger partial charge in [-0.3, -0.25) is 4.79 Å². The molecule has 0 bridgehead atoms. The van der Waals surface area contributed by atoms with E-state index in [1.807, 2.05) is 70.2 Å². The van der Waals surface area contributed by atoms with Gasteiger partial charge in [0.25, 0.3) is 0 Å². The summed E-state index contributed by atoms with van der Waals surface area (Å²) in [5.41, 5.74) is 2.85. The molecule has 29 heavy (non-hydrogen) atoms. The molecule has 0 saturated carbocycles. The summed E-state index contributed by atoms with van der Waals surface area (Å²) in [5.74, 6) is -0.240. The molecule has 0 unspecified atom stereocenters. The van der Waals surface area contributed by atoms with Gasteiger partial charge in [-0.15, -0.1) is 0 Å². The zero-order chi connectivity index (χ0) is 21.2. The molecule has 4 nitrogen and oxygen atoms in total. The predicted molar refractivity (Wildman–Crippen MR) is 116 cm³/mol. The highest BCUT2D eigenvalue weighted by atomic mass is 35.5. The molecule has 0 spiro atoms. The van der Waals surface area contributed by atoms with Gasteiger partial charge in [0.05, 0.1) is 0 Å². The van der Waals surface area contributed by atoms with Gasteiger partial charge in [-0.1, -0.05) is 53.6 Å². The lowest BCUT2D eigenvalue weighted by atomic mass is 9.86. The van der Waals surface area contributed by atoms with Crippen LogP contribution in [0.15, 0.2) is 42.5 Å². The minimum Gasteiger partial charge on any atom is -0.444 e. The number of amides is 1. The molecule has 0 aliphatic carbocycles. The first kappa shape index (κ1) is 21.4. The van der Waals surface area contributed by atoms with Gasteiger partial charge in [0.15, 0.2) is 5.78 Å². The van der Waals surface area contributed by atoms with Crippen LogP contribution in [0.1, 0.15) is 49.5 Å². The van der Waals surface area contributed by atoms with Crippen molar-refractivity contribution in [3.05, 3.63) is 58.6 Å². The summed E-state index contributed by atoms with van der Waals surface area (Å²) in [4.78, 5) is 27.6. The number of halogens is 1. The second kappa shape index (κ2) is 8.58. The number of hydrogen-bond donors (Lipinski definition) is 0. The maximum absolute atomic E-state index is 13.4. The number of piperidine rings is 1. The number of rotatable bonds is 3. The third-order valence-corrected chi connectivity index (χ3v) is 5.34. The maximum atomic E-state index is 13.4. The van der Waals surface area contributed by atoms with Gasteiger partial charge in [-0.25, -0.2) is 4.79 Å². The summed E-state index contributed by atoms with van der Waals surface area (Å²) in [6.45, 7) is 8.53. The fraction of sp³-hybridized carbons (Fsp3) is 0.417. The number of hydrogen-bond acceptors (Lipinski definition) is 3. The van der Waals surface area contributed by atoms with E-state index in [1.54, 1.807) is 4.90 Å². The first-order valence-corrected chi connectivity index (χ1v) is 10.4. The van der Waals surface area contributed by atoms with Gasteiger partial charge >= 0.3 is 6.09 Å². The van der Waals surface area contributed by atoms with Crippen molar-refractivity contribution < 1.29 is 14.3 Å². The average Bonchev–Trinajstić information content (AvgIpc) is 2.66. The van der Waals surface area contributed by atoms with Crippen LogP contribution in [0.3, 0.4) is 0 Å². The Morgan fingerprint density at radius 1 is 1.14 bits per heavy atom. The SMILES string of the molecule is Cc1cccc(-c2c(Cl)cccc2C(=O)[C@@H]2CCCN(C(=O)OC(C)(C)C)C2)c1. The molecule has 0 N–H and O–H groups in total. The smallest absolute Gasteiger partial charge is 0.410 e. The Morgan fingerprint density at radius 2 is 1.86 bits per heavy atom. The fourth-order valence-corrected chi connectivity index (χ4v) is 4.01. The van der Waals surface area contributed by atoms with Crippen molar-refractivity contribution >= 4 is 23.5 Å². The number of carbonyl (C=O) groups is 2. The normalized spacial score (nSPS) is 17.1. The van der Waals surface area contributed by atoms with Crippen LogP contribution in [0.5, 0.6) is 0 Å². The van der Waals surface area contributed by atoms with Crippen LogP contribution in [-0.2, 0) is 4.74 Å². The largest absolute Gasteiger partial charge is 0.444 e. The van der Waals surface area contributed by atoms with Gasteiger partial charge in [0.1, 0.15) is 5.60 Å². The molecule has 1 amide bonds. The lowest BCUT2D eigenvalue weighted by Gasteiger charge is -2.33. The summed E-state index contributed by atoms with van der Waals surface area (Å²) >= 11 is 6.51. The highest BCUT2D eigenvalue weighted by Crippen LogP contribution is 2.34. The van der Waals surface area contributed by atoms with Crippen molar-refractivity contribution in [3.8, 4) is 11.1 Å². The van der Waals surface area contributed by atoms with Crippen molar-refractivity contribution in [2.45, 2.75) is 46.1 Å². The van der Waals surface area contributed by atoms with Gasteiger partial charge in [0, 0.05) is 35.2 Å². The second-order valence-electron chi connectivity index (χ2n) is 8.66. The Labute approximate surface area is 177 Å². The van der Waals surface area contributed by atoms with E-state index in [0.29, 0.717) is 23.7 Å². The molecular formula is C24H28ClNO3. The molecule has 3 rings (SSSR count). The lowest BCUT2D eigenvalue weighted by molar-refractivity contribution is 0.0172. The summed E-state index contributed by atoms with van der Waals surface area (Å²) in [6, 6.07) is 13.4. The number of benzene rings is 2. The van der Waals surface area contributed by atoms with E-state index in [2.05, 4.69) is 0 Å². The van der Waals surface area contributed by atoms with Crippen molar-refractivity contribution in [2.75, 3.05) is 13.1 Å². The number of ether oxygens (including phenoxy) is 1. The molecule has 2 aromatic carbocycles. The molecule has 1 atom stereocenters. The van der Waals surface area contributed by atoms with Crippen LogP contribution in [0, 0.1) is 12.8 Å². The Bertz CT molecular complexity index is 917. The number of ketones is 1. The Hall–Kier alpha value is -2.33. The highest BCUT2D eigenvalue weighted by Gasteiger charge is 2.32. The summed E-state index contributed by atoms with van der Waals surface area (Å²) < 4.78 is 5.49. The minimum absolute atomic E-state index is 0.0252. The monoisotopic (exact) mass is 413 g/mol. The van der Waals surface area contributed by atoms with Crippen LogP contribution in [0.25, 0.3) is 11.1 Å². The molecule has 5 heteroatoms. The zero-order valence-corrected chi connectivity index (χ0v) is 18.3. The van der Waals surface area contributed by atoms with Crippen LogP contribution in [-0.4, -0.2) is 35.5 Å². The zero-order valence-electron chi connectivity index (χ0n) is 17.5.